The zero-order chi connectivity index (χ0) is 73.3. The number of nitrogen functional groups attached to an aromatic ring is 1. The molecule has 0 spiro atoms. The molecule has 0 aliphatic carbocycles. The van der Waals surface area contributed by atoms with Gasteiger partial charge in [-0.3, -0.25) is 4.52 Å². The standard InChI is InChI=1S/C23H31N5O3.C22H31N5O4.C18H28N5O13P3.3CH4/c1-6-9-10-17-13-28(23-21(17)22(24-14-25-23)26-15-27(4)5)20-12-19(18(8-3)31-20)30-16-29-11-7-2;1-5-7-8-16-11-27(22-20(16)21(23-13-24-22)25-14-26(3)4)19-10-17(18(12-28)31-19)30-15-29-9-6-2;1-2-6-31-11-32-13-7-15(23-8-12(4-3-5-19)16-17(20)21-10-22-18(16)23)34-14(13)9-33-38(27,28)36-39(29,30)35-37(24,25)26;;;/h7,13-15,18-20H,2,6,8,11-12,16H2,1,3-5H3;6-8,11,13-14,17-19,28H,2,5,9-10,12,15H2,1,3-4H3;2-4,8,10,13-15H,1,5-7,9,11,19H2,(H,27,28)(H,29,30)(H2,20,21,22)(H2,24,25,26);3*1H4/b;8-7+,25-14?;4-3+;;;/t18?,19-,20?;17-,18?,19?;13-,14?,15?;;;/m111.../s1. The zero-order valence-corrected chi connectivity index (χ0v) is 59.9. The molecule has 38 heteroatoms. The van der Waals surface area contributed by atoms with Crippen LogP contribution in [-0.2, 0) is 69.5 Å². The molecule has 0 aromatic carbocycles. The number of hydrogen-bond donors (Lipinski definition) is 7. The van der Waals surface area contributed by atoms with Crippen LogP contribution in [0.1, 0.15) is 117 Å². The summed E-state index contributed by atoms with van der Waals surface area (Å²) in [6.45, 7) is 17.6. The van der Waals surface area contributed by atoms with Crippen molar-refractivity contribution in [2.45, 2.75) is 137 Å². The van der Waals surface area contributed by atoms with Gasteiger partial charge in [0.25, 0.3) is 0 Å². The van der Waals surface area contributed by atoms with E-state index in [1.807, 2.05) is 72.5 Å². The summed E-state index contributed by atoms with van der Waals surface area (Å²) in [5.41, 5.74) is 16.0. The van der Waals surface area contributed by atoms with Crippen molar-refractivity contribution in [1.29, 1.82) is 0 Å². The number of hydrogen-bond acceptors (Lipinski definition) is 26. The predicted molar refractivity (Wildman–Crippen MR) is 396 cm³/mol. The second-order valence-electron chi connectivity index (χ2n) is 22.7. The van der Waals surface area contributed by atoms with Crippen LogP contribution in [-0.4, -0.2) is 216 Å². The van der Waals surface area contributed by atoms with Crippen LogP contribution < -0.4 is 11.5 Å². The van der Waals surface area contributed by atoms with Crippen LogP contribution in [0, 0.1) is 11.8 Å². The molecule has 11 atom stereocenters. The molecular formula is C66H102N15O20P3. The molecule has 9 rings (SSSR count). The average Bonchev–Trinajstić information content (AvgIpc) is 1.63. The summed E-state index contributed by atoms with van der Waals surface area (Å²) in [7, 11) is -8.96. The second-order valence-corrected chi connectivity index (χ2v) is 27.1. The number of nitrogens with two attached hydrogens (primary N) is 2. The van der Waals surface area contributed by atoms with E-state index in [0.29, 0.717) is 54.3 Å². The first-order chi connectivity index (χ1) is 48.4. The number of aliphatic hydroxyl groups is 1. The number of phosphoric ester groups is 1. The number of allylic oxidation sites excluding steroid dienone is 1. The van der Waals surface area contributed by atoms with Crippen LogP contribution in [0.4, 0.5) is 17.5 Å². The van der Waals surface area contributed by atoms with Crippen molar-refractivity contribution in [3.05, 3.63) is 104 Å². The summed E-state index contributed by atoms with van der Waals surface area (Å²) in [6.07, 6.45) is 25.8. The SMILES string of the molecule is C.C.C.C=CCOCO[C@@H]1CC(n2cc(/C=C/CC)c3c(N=CN(C)C)ncnc32)OC1CO.C=CCOCO[C@@H]1CC(n2cc(/C=C/CN)c3c(N)ncnc32)OC1COP(=O)(O)OP(=O)(O)OP(=O)(O)O.C=CCOCO[C@@H]1CC(n2cc(C#CCC)c3c(N=CN(C)C)ncnc32)OC1CC. The first kappa shape index (κ1) is 89.2. The Hall–Kier alpha value is -7.17. The fraction of sp³-hybridized carbons (Fsp3) is 0.515. The average molecular weight is 1520 g/mol. The van der Waals surface area contributed by atoms with Gasteiger partial charge in [0.05, 0.1) is 91.8 Å². The van der Waals surface area contributed by atoms with E-state index in [1.54, 1.807) is 47.7 Å². The summed E-state index contributed by atoms with van der Waals surface area (Å²) in [6, 6.07) is 0. The molecule has 576 valence electrons. The maximum absolute atomic E-state index is 12.2. The molecular weight excluding hydrogens is 1420 g/mol. The maximum Gasteiger partial charge on any atom is 0.490 e. The highest BCUT2D eigenvalue weighted by molar-refractivity contribution is 7.66. The lowest BCUT2D eigenvalue weighted by molar-refractivity contribution is -0.113. The molecule has 0 amide bonds. The van der Waals surface area contributed by atoms with Gasteiger partial charge in [-0.05, 0) is 12.8 Å². The zero-order valence-electron chi connectivity index (χ0n) is 57.3. The Kier molecular flexibility index (Phi) is 37.3. The van der Waals surface area contributed by atoms with Crippen LogP contribution >= 0.6 is 23.5 Å². The molecule has 6 aromatic heterocycles. The Morgan fingerprint density at radius 2 is 1.08 bits per heavy atom. The monoisotopic (exact) mass is 1520 g/mol. The Bertz CT molecular complexity index is 4040. The Morgan fingerprint density at radius 3 is 1.56 bits per heavy atom. The van der Waals surface area contributed by atoms with Crippen molar-refractivity contribution in [2.75, 3.05) is 93.9 Å². The van der Waals surface area contributed by atoms with E-state index >= 15 is 0 Å². The van der Waals surface area contributed by atoms with Gasteiger partial charge in [0.1, 0.15) is 93.0 Å². The third kappa shape index (κ3) is 25.5. The lowest BCUT2D eigenvalue weighted by Gasteiger charge is -2.21. The smallest absolute Gasteiger partial charge is 0.394 e. The molecule has 35 nitrogen and oxygen atoms in total. The van der Waals surface area contributed by atoms with Gasteiger partial charge >= 0.3 is 23.5 Å². The number of aromatic nitrogens is 9. The Morgan fingerprint density at radius 1 is 0.625 bits per heavy atom. The first-order valence-electron chi connectivity index (χ1n) is 31.9. The fourth-order valence-corrected chi connectivity index (χ4v) is 13.6. The van der Waals surface area contributed by atoms with E-state index in [4.69, 9.17) is 68.4 Å². The molecule has 9 N–H and O–H groups in total. The molecule has 8 unspecified atom stereocenters. The third-order valence-corrected chi connectivity index (χ3v) is 18.5. The quantitative estimate of drug-likeness (QED) is 0.00370. The number of aliphatic hydroxyl groups excluding tert-OH is 1. The minimum absolute atomic E-state index is 0. The van der Waals surface area contributed by atoms with Crippen molar-refractivity contribution in [3.8, 4) is 11.8 Å². The van der Waals surface area contributed by atoms with Crippen molar-refractivity contribution < 1.29 is 94.2 Å². The van der Waals surface area contributed by atoms with E-state index in [0.717, 1.165) is 52.5 Å². The topological polar surface area (TPSA) is 438 Å². The van der Waals surface area contributed by atoms with Crippen LogP contribution in [0.5, 0.6) is 0 Å². The molecule has 3 aliphatic heterocycles. The number of anilines is 1. The van der Waals surface area contributed by atoms with Crippen molar-refractivity contribution in [3.63, 3.8) is 0 Å². The number of nitrogens with zero attached hydrogens (tertiary/aromatic N) is 13. The predicted octanol–water partition coefficient (Wildman–Crippen LogP) is 9.63. The van der Waals surface area contributed by atoms with Gasteiger partial charge in [-0.1, -0.05) is 97.4 Å². The number of fused-ring (bicyclic) bond motifs is 3. The van der Waals surface area contributed by atoms with E-state index in [-0.39, 0.29) is 105 Å². The van der Waals surface area contributed by atoms with E-state index in [1.165, 1.54) is 25.1 Å². The van der Waals surface area contributed by atoms with Crippen LogP contribution in [0.2, 0.25) is 0 Å². The van der Waals surface area contributed by atoms with Gasteiger partial charge in [0.15, 0.2) is 11.6 Å². The van der Waals surface area contributed by atoms with E-state index in [2.05, 4.69) is 100 Å². The molecule has 3 fully saturated rings. The van der Waals surface area contributed by atoms with Gasteiger partial charge in [-0.2, -0.15) is 8.62 Å². The largest absolute Gasteiger partial charge is 0.490 e. The summed E-state index contributed by atoms with van der Waals surface area (Å²) >= 11 is 0. The molecule has 0 bridgehead atoms. The summed E-state index contributed by atoms with van der Waals surface area (Å²) in [5, 5.41) is 12.0. The van der Waals surface area contributed by atoms with Crippen molar-refractivity contribution >= 4 is 98.9 Å². The summed E-state index contributed by atoms with van der Waals surface area (Å²) in [5.74, 6) is 7.79. The molecule has 9 heterocycles. The Labute approximate surface area is 606 Å². The third-order valence-electron chi connectivity index (χ3n) is 14.7. The highest BCUT2D eigenvalue weighted by Gasteiger charge is 2.45. The highest BCUT2D eigenvalue weighted by Crippen LogP contribution is 2.66. The molecule has 0 radical (unpaired) electrons. The van der Waals surface area contributed by atoms with Crippen LogP contribution in [0.25, 0.3) is 45.3 Å². The van der Waals surface area contributed by atoms with Crippen LogP contribution in [0.3, 0.4) is 0 Å². The van der Waals surface area contributed by atoms with Crippen molar-refractivity contribution in [2.24, 2.45) is 15.7 Å². The van der Waals surface area contributed by atoms with Gasteiger partial charge < -0.3 is 102 Å². The number of phosphoric acid groups is 3. The molecule has 3 saturated heterocycles. The molecule has 104 heavy (non-hydrogen) atoms. The molecule has 3 aliphatic rings. The van der Waals surface area contributed by atoms with E-state index in [9.17, 15) is 28.6 Å². The van der Waals surface area contributed by atoms with Crippen molar-refractivity contribution in [1.82, 2.24) is 53.4 Å². The van der Waals surface area contributed by atoms with Crippen LogP contribution in [0.15, 0.2) is 97.7 Å². The number of rotatable bonds is 35. The minimum Gasteiger partial charge on any atom is -0.394 e. The highest BCUT2D eigenvalue weighted by atomic mass is 31.3. The maximum atomic E-state index is 12.2. The van der Waals surface area contributed by atoms with E-state index < -0.39 is 54.6 Å². The van der Waals surface area contributed by atoms with Gasteiger partial charge in [-0.25, -0.2) is 53.6 Å². The lowest BCUT2D eigenvalue weighted by Crippen LogP contribution is -2.29. The molecule has 0 saturated carbocycles. The number of ether oxygens (including phenoxy) is 9. The lowest BCUT2D eigenvalue weighted by atomic mass is 10.1. The van der Waals surface area contributed by atoms with Gasteiger partial charge in [0, 0.05) is 90.1 Å². The summed E-state index contributed by atoms with van der Waals surface area (Å²) in [4.78, 5) is 75.4. The second kappa shape index (κ2) is 43.5. The summed E-state index contributed by atoms with van der Waals surface area (Å²) < 4.78 is 104. The first-order valence-corrected chi connectivity index (χ1v) is 36.5. The van der Waals surface area contributed by atoms with Gasteiger partial charge in [0.2, 0.25) is 0 Å². The van der Waals surface area contributed by atoms with Gasteiger partial charge in [-0.15, -0.1) is 19.7 Å². The molecule has 6 aromatic rings. The normalized spacial score (nSPS) is 21.4. The minimum atomic E-state index is -5.68. The Balaban J connectivity index is 0.000000328. The number of aliphatic imine (C=N–C) groups is 2. The fourth-order valence-electron chi connectivity index (χ4n) is 10.6.